The van der Waals surface area contributed by atoms with E-state index in [1.807, 2.05) is 30.3 Å². The molecule has 1 heterocycles. The highest BCUT2D eigenvalue weighted by Gasteiger charge is 2.19. The summed E-state index contributed by atoms with van der Waals surface area (Å²) in [6, 6.07) is 15.1. The van der Waals surface area contributed by atoms with Crippen LogP contribution in [0, 0.1) is 0 Å². The predicted molar refractivity (Wildman–Crippen MR) is 98.5 cm³/mol. The lowest BCUT2D eigenvalue weighted by molar-refractivity contribution is 0.250. The molecule has 0 unspecified atom stereocenters. The average molecular weight is 365 g/mol. The minimum atomic E-state index is -3.13. The molecule has 2 aromatic rings. The summed E-state index contributed by atoms with van der Waals surface area (Å²) in [7, 11) is -3.13. The maximum absolute atomic E-state index is 11.5. The van der Waals surface area contributed by atoms with Crippen molar-refractivity contribution in [2.75, 3.05) is 37.3 Å². The van der Waals surface area contributed by atoms with E-state index in [1.54, 1.807) is 12.1 Å². The topological polar surface area (TPSA) is 40.6 Å². The van der Waals surface area contributed by atoms with Gasteiger partial charge in [-0.25, -0.2) is 8.42 Å². The SMILES string of the molecule is CS(=O)(=O)c1ccc(CN2CCN(c3ccccc3Cl)CC2)cc1. The van der Waals surface area contributed by atoms with Gasteiger partial charge in [0, 0.05) is 39.0 Å². The van der Waals surface area contributed by atoms with E-state index in [2.05, 4.69) is 15.9 Å². The fourth-order valence-electron chi connectivity index (χ4n) is 2.96. The van der Waals surface area contributed by atoms with Gasteiger partial charge in [-0.2, -0.15) is 0 Å². The highest BCUT2D eigenvalue weighted by atomic mass is 35.5. The summed E-state index contributed by atoms with van der Waals surface area (Å²) in [5.41, 5.74) is 2.23. The maximum atomic E-state index is 11.5. The Hall–Kier alpha value is -1.56. The predicted octanol–water partition coefficient (Wildman–Crippen LogP) is 3.07. The van der Waals surface area contributed by atoms with Crippen LogP contribution in [0.1, 0.15) is 5.56 Å². The van der Waals surface area contributed by atoms with Crippen molar-refractivity contribution >= 4 is 27.1 Å². The Labute approximate surface area is 148 Å². The van der Waals surface area contributed by atoms with Crippen molar-refractivity contribution in [2.24, 2.45) is 0 Å². The molecule has 0 N–H and O–H groups in total. The van der Waals surface area contributed by atoms with Gasteiger partial charge in [-0.15, -0.1) is 0 Å². The van der Waals surface area contributed by atoms with Crippen molar-refractivity contribution < 1.29 is 8.42 Å². The molecule has 0 atom stereocenters. The maximum Gasteiger partial charge on any atom is 0.175 e. The molecular formula is C18H21ClN2O2S. The molecule has 1 saturated heterocycles. The molecule has 2 aromatic carbocycles. The zero-order valence-corrected chi connectivity index (χ0v) is 15.2. The molecule has 0 amide bonds. The van der Waals surface area contributed by atoms with Crippen molar-refractivity contribution in [1.82, 2.24) is 4.90 Å². The second-order valence-electron chi connectivity index (χ2n) is 6.13. The summed E-state index contributed by atoms with van der Waals surface area (Å²) in [6.45, 7) is 4.62. The first-order valence-corrected chi connectivity index (χ1v) is 10.2. The average Bonchev–Trinajstić information content (AvgIpc) is 2.56. The van der Waals surface area contributed by atoms with Gasteiger partial charge in [-0.1, -0.05) is 35.9 Å². The molecule has 0 aliphatic carbocycles. The van der Waals surface area contributed by atoms with Crippen molar-refractivity contribution in [3.63, 3.8) is 0 Å². The van der Waals surface area contributed by atoms with Gasteiger partial charge in [0.1, 0.15) is 0 Å². The number of halogens is 1. The third-order valence-corrected chi connectivity index (χ3v) is 5.77. The second-order valence-corrected chi connectivity index (χ2v) is 8.55. The number of hydrogen-bond donors (Lipinski definition) is 0. The number of sulfone groups is 1. The largest absolute Gasteiger partial charge is 0.368 e. The number of piperazine rings is 1. The summed E-state index contributed by atoms with van der Waals surface area (Å²) in [5, 5.41) is 0.794. The fraction of sp³-hybridized carbons (Fsp3) is 0.333. The molecule has 0 saturated carbocycles. The van der Waals surface area contributed by atoms with Crippen LogP contribution in [0.4, 0.5) is 5.69 Å². The molecule has 1 aliphatic rings. The van der Waals surface area contributed by atoms with Crippen LogP contribution in [0.25, 0.3) is 0 Å². The summed E-state index contributed by atoms with van der Waals surface area (Å²) < 4.78 is 23.0. The molecule has 0 spiro atoms. The van der Waals surface area contributed by atoms with Gasteiger partial charge in [0.05, 0.1) is 15.6 Å². The number of anilines is 1. The van der Waals surface area contributed by atoms with E-state index in [-0.39, 0.29) is 0 Å². The summed E-state index contributed by atoms with van der Waals surface area (Å²) in [6.07, 6.45) is 1.23. The van der Waals surface area contributed by atoms with E-state index < -0.39 is 9.84 Å². The lowest BCUT2D eigenvalue weighted by Crippen LogP contribution is -2.46. The molecule has 1 aliphatic heterocycles. The van der Waals surface area contributed by atoms with Gasteiger partial charge in [-0.05, 0) is 29.8 Å². The van der Waals surface area contributed by atoms with E-state index in [0.29, 0.717) is 4.90 Å². The number of benzene rings is 2. The standard InChI is InChI=1S/C18H21ClN2O2S/c1-24(22,23)16-8-6-15(7-9-16)14-20-10-12-21(13-11-20)18-5-3-2-4-17(18)19/h2-9H,10-14H2,1H3. The van der Waals surface area contributed by atoms with E-state index in [1.165, 1.54) is 6.26 Å². The monoisotopic (exact) mass is 364 g/mol. The Bertz CT molecular complexity index is 798. The van der Waals surface area contributed by atoms with Crippen LogP contribution in [-0.2, 0) is 16.4 Å². The first kappa shape index (κ1) is 17.3. The van der Waals surface area contributed by atoms with E-state index in [4.69, 9.17) is 11.6 Å². The quantitative estimate of drug-likeness (QED) is 0.836. The van der Waals surface area contributed by atoms with Crippen molar-refractivity contribution in [3.05, 3.63) is 59.1 Å². The zero-order chi connectivity index (χ0) is 17.2. The fourth-order valence-corrected chi connectivity index (χ4v) is 3.84. The molecule has 3 rings (SSSR count). The molecule has 4 nitrogen and oxygen atoms in total. The van der Waals surface area contributed by atoms with Crippen LogP contribution in [0.3, 0.4) is 0 Å². The lowest BCUT2D eigenvalue weighted by atomic mass is 10.2. The Kier molecular flexibility index (Phi) is 5.13. The molecule has 6 heteroatoms. The molecule has 0 aromatic heterocycles. The van der Waals surface area contributed by atoms with Gasteiger partial charge < -0.3 is 4.90 Å². The Morgan fingerprint density at radius 3 is 2.17 bits per heavy atom. The Morgan fingerprint density at radius 2 is 1.58 bits per heavy atom. The third kappa shape index (κ3) is 4.09. The van der Waals surface area contributed by atoms with Gasteiger partial charge in [0.2, 0.25) is 0 Å². The van der Waals surface area contributed by atoms with Gasteiger partial charge in [0.25, 0.3) is 0 Å². The minimum absolute atomic E-state index is 0.370. The normalized spacial score (nSPS) is 16.3. The third-order valence-electron chi connectivity index (χ3n) is 4.32. The molecule has 128 valence electrons. The summed E-state index contributed by atoms with van der Waals surface area (Å²) in [5.74, 6) is 0. The van der Waals surface area contributed by atoms with Crippen molar-refractivity contribution in [2.45, 2.75) is 11.4 Å². The Balaban J connectivity index is 1.59. The van der Waals surface area contributed by atoms with Crippen molar-refractivity contribution in [1.29, 1.82) is 0 Å². The van der Waals surface area contributed by atoms with Crippen molar-refractivity contribution in [3.8, 4) is 0 Å². The molecule has 1 fully saturated rings. The number of para-hydroxylation sites is 1. The second kappa shape index (κ2) is 7.13. The molecular weight excluding hydrogens is 344 g/mol. The van der Waals surface area contributed by atoms with Crippen LogP contribution >= 0.6 is 11.6 Å². The number of nitrogens with zero attached hydrogens (tertiary/aromatic N) is 2. The smallest absolute Gasteiger partial charge is 0.175 e. The van der Waals surface area contributed by atoms with Crippen LogP contribution in [0.15, 0.2) is 53.4 Å². The van der Waals surface area contributed by atoms with Gasteiger partial charge in [0.15, 0.2) is 9.84 Å². The summed E-state index contributed by atoms with van der Waals surface area (Å²) in [4.78, 5) is 5.06. The van der Waals surface area contributed by atoms with Crippen LogP contribution in [0.5, 0.6) is 0 Å². The van der Waals surface area contributed by atoms with Crippen LogP contribution < -0.4 is 4.90 Å². The van der Waals surface area contributed by atoms with Crippen LogP contribution in [-0.4, -0.2) is 45.8 Å². The van der Waals surface area contributed by atoms with E-state index >= 15 is 0 Å². The number of rotatable bonds is 4. The van der Waals surface area contributed by atoms with Gasteiger partial charge in [-0.3, -0.25) is 4.90 Å². The lowest BCUT2D eigenvalue weighted by Gasteiger charge is -2.36. The summed E-state index contributed by atoms with van der Waals surface area (Å²) >= 11 is 6.27. The van der Waals surface area contributed by atoms with Gasteiger partial charge >= 0.3 is 0 Å². The van der Waals surface area contributed by atoms with Crippen LogP contribution in [0.2, 0.25) is 5.02 Å². The van der Waals surface area contributed by atoms with E-state index in [0.717, 1.165) is 49.0 Å². The highest BCUT2D eigenvalue weighted by Crippen LogP contribution is 2.26. The first-order chi connectivity index (χ1) is 11.4. The molecule has 0 bridgehead atoms. The first-order valence-electron chi connectivity index (χ1n) is 7.94. The zero-order valence-electron chi connectivity index (χ0n) is 13.7. The van der Waals surface area contributed by atoms with E-state index in [9.17, 15) is 8.42 Å². The minimum Gasteiger partial charge on any atom is -0.368 e. The molecule has 0 radical (unpaired) electrons. The number of hydrogen-bond acceptors (Lipinski definition) is 4. The Morgan fingerprint density at radius 1 is 0.958 bits per heavy atom. The highest BCUT2D eigenvalue weighted by molar-refractivity contribution is 7.90. The molecule has 24 heavy (non-hydrogen) atoms.